The van der Waals surface area contributed by atoms with Gasteiger partial charge in [-0.2, -0.15) is 0 Å². The van der Waals surface area contributed by atoms with Gasteiger partial charge >= 0.3 is 0 Å². The number of thiophene rings is 3. The van der Waals surface area contributed by atoms with E-state index in [0.29, 0.717) is 0 Å². The van der Waals surface area contributed by atoms with Gasteiger partial charge in [-0.1, -0.05) is 30.3 Å². The smallest absolute Gasteiger partial charge is 0.0885 e. The minimum atomic E-state index is 1.32. The van der Waals surface area contributed by atoms with Gasteiger partial charge in [0.15, 0.2) is 0 Å². The summed E-state index contributed by atoms with van der Waals surface area (Å²) in [7, 11) is 0. The summed E-state index contributed by atoms with van der Waals surface area (Å²) in [5.41, 5.74) is 1.32. The first-order chi connectivity index (χ1) is 8.42. The average molecular weight is 272 g/mol. The standard InChI is InChI=1S/C14H8S3/c1-2-4-9(5-3-1)11-8-12-13(16-11)10-6-7-15-14(10)17-12/h1-8H. The Hall–Kier alpha value is -1.16. The van der Waals surface area contributed by atoms with E-state index in [4.69, 9.17) is 0 Å². The predicted octanol–water partition coefficient (Wildman–Crippen LogP) is 5.84. The fraction of sp³-hybridized carbons (Fsp3) is 0. The van der Waals surface area contributed by atoms with Crippen molar-refractivity contribution in [3.05, 3.63) is 47.8 Å². The van der Waals surface area contributed by atoms with Crippen molar-refractivity contribution in [1.29, 1.82) is 0 Å². The SMILES string of the molecule is c1ccc(-c2cc3sc4sccc4c3s2)cc1. The lowest BCUT2D eigenvalue weighted by atomic mass is 10.2. The van der Waals surface area contributed by atoms with Gasteiger partial charge < -0.3 is 0 Å². The number of fused-ring (bicyclic) bond motifs is 3. The molecule has 4 aromatic rings. The molecule has 0 fully saturated rings. The van der Waals surface area contributed by atoms with E-state index in [1.165, 1.54) is 29.2 Å². The molecular formula is C14H8S3. The number of rotatable bonds is 1. The summed E-state index contributed by atoms with van der Waals surface area (Å²) >= 11 is 5.67. The fourth-order valence-electron chi connectivity index (χ4n) is 2.03. The lowest BCUT2D eigenvalue weighted by molar-refractivity contribution is 1.70. The van der Waals surface area contributed by atoms with Gasteiger partial charge in [0.05, 0.1) is 8.71 Å². The quantitative estimate of drug-likeness (QED) is 0.408. The molecule has 0 nitrogen and oxygen atoms in total. The highest BCUT2D eigenvalue weighted by atomic mass is 32.2. The van der Waals surface area contributed by atoms with Crippen molar-refractivity contribution in [1.82, 2.24) is 0 Å². The zero-order valence-corrected chi connectivity index (χ0v) is 11.3. The Kier molecular flexibility index (Phi) is 2.12. The summed E-state index contributed by atoms with van der Waals surface area (Å²) in [5, 5.41) is 3.62. The van der Waals surface area contributed by atoms with E-state index in [1.54, 1.807) is 0 Å². The molecule has 0 amide bonds. The molecule has 3 heteroatoms. The lowest BCUT2D eigenvalue weighted by Crippen LogP contribution is -1.67. The first-order valence-electron chi connectivity index (χ1n) is 5.37. The van der Waals surface area contributed by atoms with Crippen LogP contribution in [-0.4, -0.2) is 0 Å². The van der Waals surface area contributed by atoms with E-state index in [9.17, 15) is 0 Å². The highest BCUT2D eigenvalue weighted by Gasteiger charge is 2.10. The van der Waals surface area contributed by atoms with Gasteiger partial charge in [-0.15, -0.1) is 34.0 Å². The van der Waals surface area contributed by atoms with Crippen molar-refractivity contribution >= 4 is 52.8 Å². The van der Waals surface area contributed by atoms with Crippen LogP contribution in [0.1, 0.15) is 0 Å². The van der Waals surface area contributed by atoms with E-state index < -0.39 is 0 Å². The van der Waals surface area contributed by atoms with Crippen LogP contribution >= 0.6 is 34.0 Å². The molecule has 3 heterocycles. The van der Waals surface area contributed by atoms with Gasteiger partial charge in [-0.3, -0.25) is 0 Å². The Bertz CT molecular complexity index is 787. The normalized spacial score (nSPS) is 11.5. The molecule has 0 N–H and O–H groups in total. The number of hydrogen-bond acceptors (Lipinski definition) is 3. The molecule has 0 saturated heterocycles. The molecule has 17 heavy (non-hydrogen) atoms. The molecule has 0 spiro atoms. The summed E-state index contributed by atoms with van der Waals surface area (Å²) in [6.45, 7) is 0. The Morgan fingerprint density at radius 2 is 1.76 bits per heavy atom. The van der Waals surface area contributed by atoms with Gasteiger partial charge in [0.25, 0.3) is 0 Å². The maximum absolute atomic E-state index is 2.33. The molecule has 1 aromatic carbocycles. The van der Waals surface area contributed by atoms with Crippen LogP contribution in [-0.2, 0) is 0 Å². The third kappa shape index (κ3) is 1.47. The first-order valence-corrected chi connectivity index (χ1v) is 7.88. The Morgan fingerprint density at radius 1 is 0.882 bits per heavy atom. The van der Waals surface area contributed by atoms with E-state index in [2.05, 4.69) is 47.8 Å². The molecule has 0 atom stereocenters. The van der Waals surface area contributed by atoms with Crippen molar-refractivity contribution in [2.45, 2.75) is 0 Å². The van der Waals surface area contributed by atoms with Crippen molar-refractivity contribution in [2.75, 3.05) is 0 Å². The number of benzene rings is 1. The molecule has 0 aliphatic heterocycles. The number of hydrogen-bond donors (Lipinski definition) is 0. The minimum Gasteiger partial charge on any atom is -0.134 e. The molecule has 4 rings (SSSR count). The topological polar surface area (TPSA) is 0 Å². The third-order valence-electron chi connectivity index (χ3n) is 2.83. The molecular weight excluding hydrogens is 264 g/mol. The van der Waals surface area contributed by atoms with Crippen molar-refractivity contribution in [2.24, 2.45) is 0 Å². The minimum absolute atomic E-state index is 1.32. The second-order valence-electron chi connectivity index (χ2n) is 3.89. The molecule has 82 valence electrons. The van der Waals surface area contributed by atoms with Crippen molar-refractivity contribution in [3.8, 4) is 10.4 Å². The van der Waals surface area contributed by atoms with Gasteiger partial charge in [0, 0.05) is 15.0 Å². The van der Waals surface area contributed by atoms with E-state index in [0.717, 1.165) is 0 Å². The van der Waals surface area contributed by atoms with Crippen LogP contribution in [0.2, 0.25) is 0 Å². The predicted molar refractivity (Wildman–Crippen MR) is 80.5 cm³/mol. The molecule has 0 aliphatic carbocycles. The van der Waals surface area contributed by atoms with Crippen LogP contribution in [0.4, 0.5) is 0 Å². The van der Waals surface area contributed by atoms with Crippen LogP contribution < -0.4 is 0 Å². The summed E-state index contributed by atoms with van der Waals surface area (Å²) in [6.07, 6.45) is 0. The Balaban J connectivity index is 2.01. The maximum Gasteiger partial charge on any atom is 0.0885 e. The van der Waals surface area contributed by atoms with Gasteiger partial charge in [-0.05, 0) is 23.1 Å². The molecule has 0 aliphatic rings. The maximum atomic E-state index is 2.33. The van der Waals surface area contributed by atoms with Crippen LogP contribution in [0.15, 0.2) is 47.8 Å². The molecule has 3 aromatic heterocycles. The average Bonchev–Trinajstić information content (AvgIpc) is 3.00. The van der Waals surface area contributed by atoms with Gasteiger partial charge in [0.2, 0.25) is 0 Å². The van der Waals surface area contributed by atoms with E-state index in [1.807, 2.05) is 34.0 Å². The first kappa shape index (κ1) is 9.83. The fourth-order valence-corrected chi connectivity index (χ4v) is 5.68. The van der Waals surface area contributed by atoms with Crippen LogP contribution in [0, 0.1) is 0 Å². The van der Waals surface area contributed by atoms with Gasteiger partial charge in [0.1, 0.15) is 0 Å². The van der Waals surface area contributed by atoms with Crippen LogP contribution in [0.3, 0.4) is 0 Å². The summed E-state index contributed by atoms with van der Waals surface area (Å²) in [4.78, 5) is 1.37. The second kappa shape index (κ2) is 3.67. The summed E-state index contributed by atoms with van der Waals surface area (Å²) < 4.78 is 4.33. The van der Waals surface area contributed by atoms with E-state index in [-0.39, 0.29) is 0 Å². The Labute approximate surface area is 111 Å². The van der Waals surface area contributed by atoms with Crippen LogP contribution in [0.5, 0.6) is 0 Å². The summed E-state index contributed by atoms with van der Waals surface area (Å²) in [6, 6.07) is 15.2. The zero-order valence-electron chi connectivity index (χ0n) is 8.84. The largest absolute Gasteiger partial charge is 0.134 e. The van der Waals surface area contributed by atoms with E-state index >= 15 is 0 Å². The molecule has 0 unspecified atom stereocenters. The molecule has 0 bridgehead atoms. The zero-order chi connectivity index (χ0) is 11.2. The summed E-state index contributed by atoms with van der Waals surface area (Å²) in [5.74, 6) is 0. The Morgan fingerprint density at radius 3 is 2.65 bits per heavy atom. The highest BCUT2D eigenvalue weighted by Crippen LogP contribution is 2.44. The lowest BCUT2D eigenvalue weighted by Gasteiger charge is -1.93. The van der Waals surface area contributed by atoms with Crippen molar-refractivity contribution < 1.29 is 0 Å². The third-order valence-corrected chi connectivity index (χ3v) is 6.37. The second-order valence-corrected chi connectivity index (χ2v) is 7.17. The highest BCUT2D eigenvalue weighted by molar-refractivity contribution is 7.43. The van der Waals surface area contributed by atoms with Gasteiger partial charge in [-0.25, -0.2) is 0 Å². The van der Waals surface area contributed by atoms with Crippen LogP contribution in [0.25, 0.3) is 29.2 Å². The molecule has 0 radical (unpaired) electrons. The monoisotopic (exact) mass is 272 g/mol. The molecule has 0 saturated carbocycles. The van der Waals surface area contributed by atoms with Crippen molar-refractivity contribution in [3.63, 3.8) is 0 Å².